The number of amides is 1. The number of nitriles is 1. The van der Waals surface area contributed by atoms with Crippen molar-refractivity contribution in [2.75, 3.05) is 6.54 Å². The summed E-state index contributed by atoms with van der Waals surface area (Å²) in [4.78, 5) is 22.8. The fourth-order valence-electron chi connectivity index (χ4n) is 1.89. The fourth-order valence-corrected chi connectivity index (χ4v) is 1.89. The Morgan fingerprint density at radius 1 is 1.35 bits per heavy atom. The van der Waals surface area contributed by atoms with Crippen molar-refractivity contribution in [3.8, 4) is 6.07 Å². The lowest BCUT2D eigenvalue weighted by atomic mass is 9.82. The molecule has 0 aliphatic heterocycles. The van der Waals surface area contributed by atoms with E-state index in [4.69, 9.17) is 10.4 Å². The number of carbonyl (C=O) groups is 2. The second-order valence-electron chi connectivity index (χ2n) is 4.05. The maximum absolute atomic E-state index is 11.8. The van der Waals surface area contributed by atoms with Gasteiger partial charge in [0.05, 0.1) is 17.9 Å². The minimum Gasteiger partial charge on any atom is -0.481 e. The molecule has 1 aliphatic carbocycles. The minimum atomic E-state index is -0.925. The molecule has 0 saturated carbocycles. The molecule has 92 valence electrons. The van der Waals surface area contributed by atoms with E-state index in [2.05, 4.69) is 5.32 Å². The molecule has 0 aromatic rings. The molecular weight excluding hydrogens is 220 g/mol. The zero-order chi connectivity index (χ0) is 12.7. The summed E-state index contributed by atoms with van der Waals surface area (Å²) >= 11 is 0. The molecule has 1 amide bonds. The first-order valence-corrected chi connectivity index (χ1v) is 5.69. The molecule has 0 saturated heterocycles. The van der Waals surface area contributed by atoms with Crippen LogP contribution in [0.1, 0.15) is 25.7 Å². The lowest BCUT2D eigenvalue weighted by Crippen LogP contribution is -2.39. The summed E-state index contributed by atoms with van der Waals surface area (Å²) in [5, 5.41) is 20.0. The lowest BCUT2D eigenvalue weighted by Gasteiger charge is -2.24. The fraction of sp³-hybridized carbons (Fsp3) is 0.583. The highest BCUT2D eigenvalue weighted by Crippen LogP contribution is 2.25. The van der Waals surface area contributed by atoms with Gasteiger partial charge < -0.3 is 10.4 Å². The predicted octanol–water partition coefficient (Wildman–Crippen LogP) is 1.07. The molecule has 0 aromatic heterocycles. The van der Waals surface area contributed by atoms with Crippen molar-refractivity contribution < 1.29 is 14.7 Å². The number of hydrogen-bond acceptors (Lipinski definition) is 3. The van der Waals surface area contributed by atoms with Crippen LogP contribution in [-0.4, -0.2) is 23.5 Å². The number of unbranched alkanes of at least 4 members (excludes halogenated alkanes) is 1. The topological polar surface area (TPSA) is 90.2 Å². The summed E-state index contributed by atoms with van der Waals surface area (Å²) < 4.78 is 0. The summed E-state index contributed by atoms with van der Waals surface area (Å²) in [7, 11) is 0. The van der Waals surface area contributed by atoms with Crippen molar-refractivity contribution in [1.29, 1.82) is 5.26 Å². The molecule has 0 aromatic carbocycles. The van der Waals surface area contributed by atoms with Gasteiger partial charge in [-0.2, -0.15) is 5.26 Å². The normalized spacial score (nSPS) is 22.8. The molecule has 0 spiro atoms. The number of rotatable bonds is 5. The van der Waals surface area contributed by atoms with E-state index >= 15 is 0 Å². The lowest BCUT2D eigenvalue weighted by molar-refractivity contribution is -0.147. The van der Waals surface area contributed by atoms with Gasteiger partial charge in [0.1, 0.15) is 0 Å². The molecule has 0 radical (unpaired) electrons. The number of carbonyl (C=O) groups excluding carboxylic acids is 1. The highest BCUT2D eigenvalue weighted by Gasteiger charge is 2.33. The summed E-state index contributed by atoms with van der Waals surface area (Å²) in [6, 6.07) is 1.99. The number of aliphatic carboxylic acids is 1. The van der Waals surface area contributed by atoms with E-state index in [1.54, 1.807) is 6.08 Å². The number of hydrogen-bond donors (Lipinski definition) is 2. The van der Waals surface area contributed by atoms with Gasteiger partial charge in [-0.1, -0.05) is 12.2 Å². The molecule has 1 rings (SSSR count). The maximum atomic E-state index is 11.8. The van der Waals surface area contributed by atoms with Gasteiger partial charge in [-0.15, -0.1) is 0 Å². The van der Waals surface area contributed by atoms with Crippen LogP contribution in [0.15, 0.2) is 12.2 Å². The molecule has 2 unspecified atom stereocenters. The predicted molar refractivity (Wildman–Crippen MR) is 60.8 cm³/mol. The van der Waals surface area contributed by atoms with E-state index in [9.17, 15) is 9.59 Å². The molecule has 2 atom stereocenters. The Kier molecular flexibility index (Phi) is 5.21. The molecule has 1 aliphatic rings. The molecule has 17 heavy (non-hydrogen) atoms. The van der Waals surface area contributed by atoms with E-state index in [1.165, 1.54) is 0 Å². The maximum Gasteiger partial charge on any atom is 0.307 e. The second-order valence-corrected chi connectivity index (χ2v) is 4.05. The standard InChI is InChI=1S/C12H16N2O3/c13-7-3-4-8-14-11(15)9-5-1-2-6-10(9)12(16)17/h1-2,9-10H,3-6,8H2,(H,14,15)(H,16,17). The third-order valence-corrected chi connectivity index (χ3v) is 2.85. The van der Waals surface area contributed by atoms with Crippen molar-refractivity contribution in [3.05, 3.63) is 12.2 Å². The summed E-state index contributed by atoms with van der Waals surface area (Å²) in [6.07, 6.45) is 5.53. The van der Waals surface area contributed by atoms with Crippen molar-refractivity contribution in [1.82, 2.24) is 5.32 Å². The average Bonchev–Trinajstić information content (AvgIpc) is 2.34. The Hall–Kier alpha value is -1.83. The van der Waals surface area contributed by atoms with Gasteiger partial charge in [-0.05, 0) is 19.3 Å². The number of allylic oxidation sites excluding steroid dienone is 2. The average molecular weight is 236 g/mol. The molecule has 0 heterocycles. The zero-order valence-corrected chi connectivity index (χ0v) is 9.56. The Balaban J connectivity index is 2.46. The van der Waals surface area contributed by atoms with Crippen LogP contribution in [0.25, 0.3) is 0 Å². The third-order valence-electron chi connectivity index (χ3n) is 2.85. The molecule has 5 heteroatoms. The number of carboxylic acid groups (broad SMARTS) is 1. The minimum absolute atomic E-state index is 0.223. The summed E-state index contributed by atoms with van der Waals surface area (Å²) in [6.45, 7) is 0.430. The first-order chi connectivity index (χ1) is 8.16. The highest BCUT2D eigenvalue weighted by atomic mass is 16.4. The van der Waals surface area contributed by atoms with Crippen LogP contribution in [-0.2, 0) is 9.59 Å². The number of carboxylic acids is 1. The van der Waals surface area contributed by atoms with Crippen LogP contribution in [0, 0.1) is 23.2 Å². The summed E-state index contributed by atoms with van der Waals surface area (Å²) in [5.74, 6) is -2.26. The van der Waals surface area contributed by atoms with Gasteiger partial charge >= 0.3 is 5.97 Å². The quantitative estimate of drug-likeness (QED) is 0.552. The first-order valence-electron chi connectivity index (χ1n) is 5.69. The Labute approximate surface area is 100 Å². The molecule has 0 fully saturated rings. The van der Waals surface area contributed by atoms with Crippen molar-refractivity contribution >= 4 is 11.9 Å². The molecule has 0 bridgehead atoms. The van der Waals surface area contributed by atoms with Gasteiger partial charge in [0.25, 0.3) is 0 Å². The number of nitrogens with zero attached hydrogens (tertiary/aromatic N) is 1. The smallest absolute Gasteiger partial charge is 0.307 e. The van der Waals surface area contributed by atoms with Gasteiger partial charge in [-0.25, -0.2) is 0 Å². The van der Waals surface area contributed by atoms with Gasteiger partial charge in [-0.3, -0.25) is 9.59 Å². The summed E-state index contributed by atoms with van der Waals surface area (Å²) in [5.41, 5.74) is 0. The van der Waals surface area contributed by atoms with Crippen LogP contribution in [0.4, 0.5) is 0 Å². The van der Waals surface area contributed by atoms with Crippen LogP contribution in [0.3, 0.4) is 0 Å². The van der Waals surface area contributed by atoms with Gasteiger partial charge in [0, 0.05) is 13.0 Å². The van der Waals surface area contributed by atoms with Crippen molar-refractivity contribution in [3.63, 3.8) is 0 Å². The first kappa shape index (κ1) is 13.2. The monoisotopic (exact) mass is 236 g/mol. The van der Waals surface area contributed by atoms with E-state index < -0.39 is 17.8 Å². The van der Waals surface area contributed by atoms with E-state index in [0.29, 0.717) is 32.2 Å². The second kappa shape index (κ2) is 6.69. The molecular formula is C12H16N2O3. The van der Waals surface area contributed by atoms with E-state index in [0.717, 1.165) is 0 Å². The van der Waals surface area contributed by atoms with Gasteiger partial charge in [0.2, 0.25) is 5.91 Å². The Morgan fingerprint density at radius 3 is 2.59 bits per heavy atom. The van der Waals surface area contributed by atoms with E-state index in [1.807, 2.05) is 12.1 Å². The molecule has 2 N–H and O–H groups in total. The van der Waals surface area contributed by atoms with Crippen LogP contribution < -0.4 is 5.32 Å². The largest absolute Gasteiger partial charge is 0.481 e. The third kappa shape index (κ3) is 3.91. The number of nitrogens with one attached hydrogen (secondary N) is 1. The van der Waals surface area contributed by atoms with E-state index in [-0.39, 0.29) is 5.91 Å². The van der Waals surface area contributed by atoms with Crippen LogP contribution in [0.2, 0.25) is 0 Å². The Bertz CT molecular complexity index is 357. The SMILES string of the molecule is N#CCCCNC(=O)C1CC=CCC1C(=O)O. The van der Waals surface area contributed by atoms with Gasteiger partial charge in [0.15, 0.2) is 0 Å². The Morgan fingerprint density at radius 2 is 2.00 bits per heavy atom. The molecule has 5 nitrogen and oxygen atoms in total. The zero-order valence-electron chi connectivity index (χ0n) is 9.56. The van der Waals surface area contributed by atoms with Crippen LogP contribution >= 0.6 is 0 Å². The van der Waals surface area contributed by atoms with Crippen LogP contribution in [0.5, 0.6) is 0 Å². The van der Waals surface area contributed by atoms with Crippen molar-refractivity contribution in [2.24, 2.45) is 11.8 Å². The highest BCUT2D eigenvalue weighted by molar-refractivity contribution is 5.85. The van der Waals surface area contributed by atoms with Crippen molar-refractivity contribution in [2.45, 2.75) is 25.7 Å².